The van der Waals surface area contributed by atoms with Crippen LogP contribution in [0.5, 0.6) is 0 Å². The van der Waals surface area contributed by atoms with Gasteiger partial charge < -0.3 is 15.2 Å². The van der Waals surface area contributed by atoms with E-state index in [0.717, 1.165) is 6.42 Å². The first-order valence-electron chi connectivity index (χ1n) is 6.56. The minimum Gasteiger partial charge on any atom is -0.389 e. The summed E-state index contributed by atoms with van der Waals surface area (Å²) in [7, 11) is 0. The van der Waals surface area contributed by atoms with Gasteiger partial charge in [-0.1, -0.05) is 20.8 Å². The fourth-order valence-electron chi connectivity index (χ4n) is 2.14. The molecule has 0 aromatic rings. The molecule has 104 valence electrons. The summed E-state index contributed by atoms with van der Waals surface area (Å²) < 4.78 is 5.38. The predicted molar refractivity (Wildman–Crippen MR) is 73.2 cm³/mol. The lowest BCUT2D eigenvalue weighted by atomic mass is 9.82. The molecule has 0 saturated heterocycles. The lowest BCUT2D eigenvalue weighted by Crippen LogP contribution is -2.46. The molecule has 0 amide bonds. The Labute approximate surface area is 107 Å². The van der Waals surface area contributed by atoms with Crippen molar-refractivity contribution in [2.75, 3.05) is 13.2 Å². The third kappa shape index (κ3) is 10.7. The van der Waals surface area contributed by atoms with E-state index in [1.165, 1.54) is 0 Å². The Hall–Kier alpha value is -0.120. The molecule has 3 nitrogen and oxygen atoms in total. The largest absolute Gasteiger partial charge is 0.389 e. The maximum Gasteiger partial charge on any atom is 0.0898 e. The van der Waals surface area contributed by atoms with Crippen molar-refractivity contribution in [1.29, 1.82) is 0 Å². The van der Waals surface area contributed by atoms with Gasteiger partial charge in [0.15, 0.2) is 0 Å². The van der Waals surface area contributed by atoms with E-state index in [9.17, 15) is 5.11 Å². The second-order valence-electron chi connectivity index (χ2n) is 7.04. The van der Waals surface area contributed by atoms with Crippen molar-refractivity contribution in [3.63, 3.8) is 0 Å². The van der Waals surface area contributed by atoms with Crippen molar-refractivity contribution in [1.82, 2.24) is 5.32 Å². The average Bonchev–Trinajstić information content (AvgIpc) is 2.07. The normalized spacial score (nSPS) is 15.4. The van der Waals surface area contributed by atoms with Gasteiger partial charge in [-0.25, -0.2) is 0 Å². The van der Waals surface area contributed by atoms with Crippen LogP contribution in [-0.2, 0) is 4.74 Å². The summed E-state index contributed by atoms with van der Waals surface area (Å²) in [6, 6.07) is 0. The molecule has 1 atom stereocenters. The summed E-state index contributed by atoms with van der Waals surface area (Å²) >= 11 is 0. The molecule has 0 saturated carbocycles. The molecule has 0 aliphatic carbocycles. The van der Waals surface area contributed by atoms with Crippen molar-refractivity contribution in [2.45, 2.75) is 72.6 Å². The highest BCUT2D eigenvalue weighted by molar-refractivity contribution is 4.84. The van der Waals surface area contributed by atoms with Crippen LogP contribution in [0.3, 0.4) is 0 Å². The van der Waals surface area contributed by atoms with E-state index < -0.39 is 6.10 Å². The van der Waals surface area contributed by atoms with Crippen LogP contribution in [0.25, 0.3) is 0 Å². The second kappa shape index (κ2) is 6.72. The lowest BCUT2D eigenvalue weighted by Gasteiger charge is -2.34. The Balaban J connectivity index is 3.92. The third-order valence-corrected chi connectivity index (χ3v) is 2.41. The number of aliphatic hydroxyl groups excluding tert-OH is 1. The van der Waals surface area contributed by atoms with Gasteiger partial charge in [-0.2, -0.15) is 0 Å². The second-order valence-corrected chi connectivity index (χ2v) is 7.04. The number of hydrogen-bond donors (Lipinski definition) is 2. The van der Waals surface area contributed by atoms with E-state index in [4.69, 9.17) is 4.74 Å². The van der Waals surface area contributed by atoms with Crippen LogP contribution in [0.1, 0.15) is 54.9 Å². The Morgan fingerprint density at radius 2 is 1.65 bits per heavy atom. The van der Waals surface area contributed by atoms with Gasteiger partial charge in [0.2, 0.25) is 0 Å². The van der Waals surface area contributed by atoms with Gasteiger partial charge >= 0.3 is 0 Å². The molecule has 0 rings (SSSR count). The molecule has 0 aliphatic heterocycles. The summed E-state index contributed by atoms with van der Waals surface area (Å²) in [5.74, 6) is 0. The summed E-state index contributed by atoms with van der Waals surface area (Å²) in [6.07, 6.45) is 0.807. The SMILES string of the molecule is CC(C)OCC(O)CNC(C)(C)CC(C)(C)C. The van der Waals surface area contributed by atoms with Crippen molar-refractivity contribution in [3.8, 4) is 0 Å². The number of β-amino-alcohol motifs (C(OH)–C–C–N with tert-alkyl or cyclic N) is 1. The zero-order chi connectivity index (χ0) is 13.7. The van der Waals surface area contributed by atoms with Gasteiger partial charge in [0.05, 0.1) is 18.8 Å². The molecular formula is C14H31NO2. The maximum atomic E-state index is 9.77. The zero-order valence-corrected chi connectivity index (χ0v) is 12.6. The number of rotatable bonds is 7. The van der Waals surface area contributed by atoms with Crippen molar-refractivity contribution in [3.05, 3.63) is 0 Å². The molecule has 17 heavy (non-hydrogen) atoms. The Bertz CT molecular complexity index is 207. The monoisotopic (exact) mass is 245 g/mol. The number of ether oxygens (including phenoxy) is 1. The molecule has 0 fully saturated rings. The van der Waals surface area contributed by atoms with Crippen LogP contribution in [0.15, 0.2) is 0 Å². The molecule has 0 aromatic heterocycles. The minimum atomic E-state index is -0.434. The summed E-state index contributed by atoms with van der Waals surface area (Å²) in [4.78, 5) is 0. The van der Waals surface area contributed by atoms with E-state index >= 15 is 0 Å². The Kier molecular flexibility index (Phi) is 6.67. The van der Waals surface area contributed by atoms with Crippen LogP contribution < -0.4 is 5.32 Å². The Morgan fingerprint density at radius 3 is 2.06 bits per heavy atom. The number of hydrogen-bond acceptors (Lipinski definition) is 3. The van der Waals surface area contributed by atoms with Crippen molar-refractivity contribution >= 4 is 0 Å². The van der Waals surface area contributed by atoms with E-state index in [1.54, 1.807) is 0 Å². The topological polar surface area (TPSA) is 41.5 Å². The molecule has 0 aromatic carbocycles. The smallest absolute Gasteiger partial charge is 0.0898 e. The van der Waals surface area contributed by atoms with Crippen molar-refractivity contribution < 1.29 is 9.84 Å². The van der Waals surface area contributed by atoms with Crippen LogP contribution in [-0.4, -0.2) is 36.0 Å². The summed E-state index contributed by atoms with van der Waals surface area (Å²) in [5.41, 5.74) is 0.326. The lowest BCUT2D eigenvalue weighted by molar-refractivity contribution is 0.00319. The highest BCUT2D eigenvalue weighted by Gasteiger charge is 2.25. The first-order chi connectivity index (χ1) is 7.52. The quantitative estimate of drug-likeness (QED) is 0.724. The van der Waals surface area contributed by atoms with Gasteiger partial charge in [0, 0.05) is 12.1 Å². The Morgan fingerprint density at radius 1 is 1.12 bits per heavy atom. The van der Waals surface area contributed by atoms with Crippen LogP contribution >= 0.6 is 0 Å². The average molecular weight is 245 g/mol. The molecule has 3 heteroatoms. The molecule has 0 heterocycles. The summed E-state index contributed by atoms with van der Waals surface area (Å²) in [6.45, 7) is 16.0. The summed E-state index contributed by atoms with van der Waals surface area (Å²) in [5, 5.41) is 13.2. The maximum absolute atomic E-state index is 9.77. The van der Waals surface area contributed by atoms with E-state index in [2.05, 4.69) is 39.9 Å². The fourth-order valence-corrected chi connectivity index (χ4v) is 2.14. The molecule has 1 unspecified atom stereocenters. The first kappa shape index (κ1) is 16.9. The van der Waals surface area contributed by atoms with Gasteiger partial charge in [0.25, 0.3) is 0 Å². The van der Waals surface area contributed by atoms with Crippen LogP contribution in [0.2, 0.25) is 0 Å². The van der Waals surface area contributed by atoms with Crippen molar-refractivity contribution in [2.24, 2.45) is 5.41 Å². The van der Waals surface area contributed by atoms with Gasteiger partial charge in [-0.3, -0.25) is 0 Å². The fraction of sp³-hybridized carbons (Fsp3) is 1.00. The van der Waals surface area contributed by atoms with Crippen LogP contribution in [0.4, 0.5) is 0 Å². The molecule has 0 aliphatic rings. The highest BCUT2D eigenvalue weighted by Crippen LogP contribution is 2.26. The number of aliphatic hydroxyl groups is 1. The van der Waals surface area contributed by atoms with E-state index in [0.29, 0.717) is 13.2 Å². The zero-order valence-electron chi connectivity index (χ0n) is 12.6. The molecule has 2 N–H and O–H groups in total. The number of nitrogens with one attached hydrogen (secondary N) is 1. The standard InChI is InChI=1S/C14H31NO2/c1-11(2)17-9-12(16)8-15-14(6,7)10-13(3,4)5/h11-12,15-16H,8-10H2,1-7H3. The van der Waals surface area contributed by atoms with E-state index in [1.807, 2.05) is 13.8 Å². The van der Waals surface area contributed by atoms with Gasteiger partial charge in [0.1, 0.15) is 0 Å². The van der Waals surface area contributed by atoms with Gasteiger partial charge in [-0.15, -0.1) is 0 Å². The molecule has 0 radical (unpaired) electrons. The highest BCUT2D eigenvalue weighted by atomic mass is 16.5. The predicted octanol–water partition coefficient (Wildman–Crippen LogP) is 2.58. The van der Waals surface area contributed by atoms with Crippen LogP contribution in [0, 0.1) is 5.41 Å². The molecule has 0 spiro atoms. The van der Waals surface area contributed by atoms with E-state index in [-0.39, 0.29) is 17.1 Å². The third-order valence-electron chi connectivity index (χ3n) is 2.41. The first-order valence-corrected chi connectivity index (χ1v) is 6.56. The van der Waals surface area contributed by atoms with Gasteiger partial charge in [-0.05, 0) is 39.5 Å². The minimum absolute atomic E-state index is 0.0388. The molecule has 0 bridgehead atoms. The molecular weight excluding hydrogens is 214 g/mol.